The van der Waals surface area contributed by atoms with Gasteiger partial charge in [0.25, 0.3) is 0 Å². The third-order valence-electron chi connectivity index (χ3n) is 4.52. The molecule has 0 aromatic heterocycles. The summed E-state index contributed by atoms with van der Waals surface area (Å²) in [6.07, 6.45) is 5.80. The largest absolute Gasteiger partial charge is 0.494 e. The molecule has 146 valence electrons. The summed E-state index contributed by atoms with van der Waals surface area (Å²) in [5.74, 6) is 0.632. The highest BCUT2D eigenvalue weighted by atomic mass is 16.5. The van der Waals surface area contributed by atoms with Crippen molar-refractivity contribution in [2.75, 3.05) is 45.9 Å². The first kappa shape index (κ1) is 20.7. The van der Waals surface area contributed by atoms with Crippen LogP contribution in [0.3, 0.4) is 0 Å². The quantitative estimate of drug-likeness (QED) is 0.491. The Kier molecular flexibility index (Phi) is 10.1. The number of nitrogens with one attached hydrogen (secondary N) is 2. The number of aliphatic hydroxyl groups excluding tert-OH is 1. The number of benzene rings is 1. The molecule has 0 atom stereocenters. The average Bonchev–Trinajstić information content (AvgIpc) is 2.67. The molecule has 26 heavy (non-hydrogen) atoms. The third-order valence-corrected chi connectivity index (χ3v) is 4.52. The molecule has 0 radical (unpaired) electrons. The van der Waals surface area contributed by atoms with Crippen LogP contribution >= 0.6 is 0 Å². The van der Waals surface area contributed by atoms with Gasteiger partial charge in [0.15, 0.2) is 0 Å². The summed E-state index contributed by atoms with van der Waals surface area (Å²) < 4.78 is 5.87. The van der Waals surface area contributed by atoms with Crippen molar-refractivity contribution in [3.63, 3.8) is 0 Å². The van der Waals surface area contributed by atoms with Crippen LogP contribution in [0, 0.1) is 0 Å². The molecular weight excluding hydrogens is 330 g/mol. The molecule has 6 heteroatoms. The Hall–Kier alpha value is -1.63. The summed E-state index contributed by atoms with van der Waals surface area (Å²) in [7, 11) is 0. The molecule has 6 nitrogen and oxygen atoms in total. The van der Waals surface area contributed by atoms with Crippen molar-refractivity contribution in [3.05, 3.63) is 29.8 Å². The highest BCUT2D eigenvalue weighted by Gasteiger charge is 2.10. The molecule has 1 heterocycles. The minimum Gasteiger partial charge on any atom is -0.494 e. The van der Waals surface area contributed by atoms with Crippen LogP contribution in [0.1, 0.15) is 37.7 Å². The fraction of sp³-hybridized carbons (Fsp3) is 0.650. The van der Waals surface area contributed by atoms with Gasteiger partial charge in [0.1, 0.15) is 12.4 Å². The van der Waals surface area contributed by atoms with Crippen LogP contribution in [0.4, 0.5) is 0 Å². The third kappa shape index (κ3) is 8.65. The molecule has 3 N–H and O–H groups in total. The van der Waals surface area contributed by atoms with Gasteiger partial charge in [-0.25, -0.2) is 0 Å². The zero-order valence-corrected chi connectivity index (χ0v) is 15.7. The highest BCUT2D eigenvalue weighted by molar-refractivity contribution is 5.76. The van der Waals surface area contributed by atoms with E-state index in [4.69, 9.17) is 9.84 Å². The van der Waals surface area contributed by atoms with E-state index in [2.05, 4.69) is 33.7 Å². The van der Waals surface area contributed by atoms with Gasteiger partial charge in [0, 0.05) is 13.1 Å². The number of carbonyl (C=O) groups is 1. The molecule has 1 fully saturated rings. The van der Waals surface area contributed by atoms with Crippen molar-refractivity contribution >= 4 is 5.91 Å². The zero-order valence-electron chi connectivity index (χ0n) is 15.7. The predicted octanol–water partition coefficient (Wildman–Crippen LogP) is 1.53. The first-order valence-electron chi connectivity index (χ1n) is 9.80. The predicted molar refractivity (Wildman–Crippen MR) is 103 cm³/mol. The molecule has 1 saturated heterocycles. The van der Waals surface area contributed by atoms with Gasteiger partial charge in [-0.3, -0.25) is 9.69 Å². The maximum Gasteiger partial charge on any atom is 0.245 e. The highest BCUT2D eigenvalue weighted by Crippen LogP contribution is 2.17. The number of nitrogens with zero attached hydrogens (tertiary/aromatic N) is 1. The Morgan fingerprint density at radius 1 is 1.12 bits per heavy atom. The monoisotopic (exact) mass is 363 g/mol. The van der Waals surface area contributed by atoms with Crippen LogP contribution in [0.15, 0.2) is 24.3 Å². The van der Waals surface area contributed by atoms with E-state index in [9.17, 15) is 4.79 Å². The van der Waals surface area contributed by atoms with E-state index in [1.54, 1.807) is 0 Å². The number of amides is 1. The van der Waals surface area contributed by atoms with Crippen LogP contribution < -0.4 is 15.4 Å². The second-order valence-electron chi connectivity index (χ2n) is 6.80. The summed E-state index contributed by atoms with van der Waals surface area (Å²) in [5.41, 5.74) is 1.33. The van der Waals surface area contributed by atoms with Gasteiger partial charge in [-0.1, -0.05) is 18.6 Å². The summed E-state index contributed by atoms with van der Waals surface area (Å²) in [6.45, 7) is 6.02. The topological polar surface area (TPSA) is 73.8 Å². The molecule has 1 aromatic rings. The number of ether oxygens (including phenoxy) is 1. The van der Waals surface area contributed by atoms with E-state index in [1.807, 2.05) is 6.07 Å². The van der Waals surface area contributed by atoms with E-state index in [-0.39, 0.29) is 5.91 Å². The Morgan fingerprint density at radius 2 is 1.92 bits per heavy atom. The number of carbonyl (C=O) groups excluding carboxylic acids is 1. The molecule has 0 saturated carbocycles. The van der Waals surface area contributed by atoms with Crippen LogP contribution in [0.25, 0.3) is 0 Å². The smallest absolute Gasteiger partial charge is 0.245 e. The molecular formula is C20H33N3O3. The minimum atomic E-state index is -0.440. The molecule has 0 spiro atoms. The van der Waals surface area contributed by atoms with Crippen molar-refractivity contribution in [2.45, 2.75) is 38.6 Å². The second kappa shape index (κ2) is 12.7. The van der Waals surface area contributed by atoms with Gasteiger partial charge in [-0.2, -0.15) is 0 Å². The Balaban J connectivity index is 1.52. The van der Waals surface area contributed by atoms with Crippen molar-refractivity contribution in [3.8, 4) is 5.75 Å². The normalized spacial score (nSPS) is 15.0. The van der Waals surface area contributed by atoms with Gasteiger partial charge in [-0.05, 0) is 69.6 Å². The lowest BCUT2D eigenvalue weighted by Crippen LogP contribution is -2.29. The van der Waals surface area contributed by atoms with Crippen LogP contribution in [0.5, 0.6) is 5.75 Å². The van der Waals surface area contributed by atoms with E-state index in [0.717, 1.165) is 38.2 Å². The van der Waals surface area contributed by atoms with E-state index < -0.39 is 6.61 Å². The lowest BCUT2D eigenvalue weighted by atomic mass is 10.1. The maximum atomic E-state index is 10.9. The van der Waals surface area contributed by atoms with Gasteiger partial charge < -0.3 is 20.5 Å². The van der Waals surface area contributed by atoms with Gasteiger partial charge in [0.05, 0.1) is 6.61 Å². The lowest BCUT2D eigenvalue weighted by Gasteiger charge is -2.26. The molecule has 1 amide bonds. The number of likely N-dealkylation sites (tertiary alicyclic amines) is 1. The molecule has 0 bridgehead atoms. The van der Waals surface area contributed by atoms with Gasteiger partial charge >= 0.3 is 0 Å². The maximum absolute atomic E-state index is 10.9. The van der Waals surface area contributed by atoms with Gasteiger partial charge in [-0.15, -0.1) is 0 Å². The fourth-order valence-corrected chi connectivity index (χ4v) is 3.12. The first-order chi connectivity index (χ1) is 12.8. The minimum absolute atomic E-state index is 0.319. The number of aliphatic hydroxyl groups is 1. The number of hydrogen-bond acceptors (Lipinski definition) is 5. The first-order valence-corrected chi connectivity index (χ1v) is 9.80. The SMILES string of the molecule is O=C(CO)NCCCNCCCOc1cccc(CN2CCCCC2)c1. The van der Waals surface area contributed by atoms with Gasteiger partial charge in [0.2, 0.25) is 5.91 Å². The molecule has 2 rings (SSSR count). The standard InChI is InChI=1S/C20H33N3O3/c24-17-20(25)22-11-5-9-21-10-6-14-26-19-8-4-7-18(15-19)16-23-12-2-1-3-13-23/h4,7-8,15,21,24H,1-3,5-6,9-14,16-17H2,(H,22,25). The summed E-state index contributed by atoms with van der Waals surface area (Å²) in [4.78, 5) is 13.4. The Bertz CT molecular complexity index is 519. The van der Waals surface area contributed by atoms with Crippen molar-refractivity contribution in [1.82, 2.24) is 15.5 Å². The zero-order chi connectivity index (χ0) is 18.5. The van der Waals surface area contributed by atoms with Crippen molar-refractivity contribution < 1.29 is 14.6 Å². The number of rotatable bonds is 12. The van der Waals surface area contributed by atoms with Crippen LogP contribution in [0.2, 0.25) is 0 Å². The number of hydrogen-bond donors (Lipinski definition) is 3. The van der Waals surface area contributed by atoms with Crippen LogP contribution in [-0.2, 0) is 11.3 Å². The second-order valence-corrected chi connectivity index (χ2v) is 6.80. The molecule has 0 aliphatic carbocycles. The summed E-state index contributed by atoms with van der Waals surface area (Å²) in [6, 6.07) is 8.44. The van der Waals surface area contributed by atoms with Crippen molar-refractivity contribution in [2.24, 2.45) is 0 Å². The molecule has 0 unspecified atom stereocenters. The fourth-order valence-electron chi connectivity index (χ4n) is 3.12. The van der Waals surface area contributed by atoms with Crippen LogP contribution in [-0.4, -0.2) is 61.9 Å². The number of piperidine rings is 1. The van der Waals surface area contributed by atoms with E-state index >= 15 is 0 Å². The lowest BCUT2D eigenvalue weighted by molar-refractivity contribution is -0.123. The molecule has 1 aliphatic rings. The van der Waals surface area contributed by atoms with E-state index in [1.165, 1.54) is 37.9 Å². The van der Waals surface area contributed by atoms with E-state index in [0.29, 0.717) is 13.2 Å². The summed E-state index contributed by atoms with van der Waals surface area (Å²) in [5, 5.41) is 14.5. The molecule has 1 aliphatic heterocycles. The Morgan fingerprint density at radius 3 is 2.73 bits per heavy atom. The average molecular weight is 364 g/mol. The summed E-state index contributed by atoms with van der Waals surface area (Å²) >= 11 is 0. The van der Waals surface area contributed by atoms with Crippen molar-refractivity contribution in [1.29, 1.82) is 0 Å². The molecule has 1 aromatic carbocycles. The Labute approximate surface area is 156 Å².